The maximum Gasteiger partial charge on any atom is 0.134 e. The Labute approximate surface area is 116 Å². The lowest BCUT2D eigenvalue weighted by molar-refractivity contribution is 0.727. The van der Waals surface area contributed by atoms with E-state index in [1.165, 1.54) is 6.33 Å². The molecule has 0 amide bonds. The van der Waals surface area contributed by atoms with E-state index in [0.717, 1.165) is 16.4 Å². The van der Waals surface area contributed by atoms with Crippen molar-refractivity contribution in [2.24, 2.45) is 0 Å². The molecule has 5 heteroatoms. The maximum atomic E-state index is 6.00. The third-order valence-corrected chi connectivity index (χ3v) is 3.33. The second kappa shape index (κ2) is 5.55. The van der Waals surface area contributed by atoms with E-state index in [1.807, 2.05) is 36.2 Å². The van der Waals surface area contributed by atoms with Gasteiger partial charge in [-0.1, -0.05) is 35.3 Å². The average Bonchev–Trinajstić information content (AvgIpc) is 2.37. The summed E-state index contributed by atoms with van der Waals surface area (Å²) >= 11 is 11.9. The van der Waals surface area contributed by atoms with E-state index in [2.05, 4.69) is 16.9 Å². The predicted molar refractivity (Wildman–Crippen MR) is 75.3 cm³/mol. The fourth-order valence-electron chi connectivity index (χ4n) is 1.71. The maximum absolute atomic E-state index is 6.00. The van der Waals surface area contributed by atoms with Gasteiger partial charge in [0.15, 0.2) is 0 Å². The van der Waals surface area contributed by atoms with E-state index in [4.69, 9.17) is 23.2 Å². The van der Waals surface area contributed by atoms with E-state index in [9.17, 15) is 0 Å². The van der Waals surface area contributed by atoms with Crippen molar-refractivity contribution in [1.29, 1.82) is 0 Å². The van der Waals surface area contributed by atoms with Crippen molar-refractivity contribution in [3.63, 3.8) is 0 Å². The molecule has 0 aliphatic rings. The second-order valence-electron chi connectivity index (χ2n) is 4.04. The SMILES string of the molecule is CC(c1cccc(Cl)c1)N(C)c1cc(Cl)ncn1. The highest BCUT2D eigenvalue weighted by atomic mass is 35.5. The van der Waals surface area contributed by atoms with Gasteiger partial charge in [-0.15, -0.1) is 0 Å². The lowest BCUT2D eigenvalue weighted by Gasteiger charge is -2.26. The van der Waals surface area contributed by atoms with Gasteiger partial charge in [0, 0.05) is 18.1 Å². The Morgan fingerprint density at radius 3 is 2.61 bits per heavy atom. The van der Waals surface area contributed by atoms with Crippen LogP contribution in [0, 0.1) is 0 Å². The molecule has 2 aromatic rings. The molecule has 94 valence electrons. The quantitative estimate of drug-likeness (QED) is 0.797. The minimum Gasteiger partial charge on any atom is -0.353 e. The lowest BCUT2D eigenvalue weighted by Crippen LogP contribution is -2.22. The van der Waals surface area contributed by atoms with Crippen LogP contribution in [0.25, 0.3) is 0 Å². The average molecular weight is 282 g/mol. The Morgan fingerprint density at radius 1 is 1.17 bits per heavy atom. The molecule has 0 bridgehead atoms. The zero-order valence-corrected chi connectivity index (χ0v) is 11.7. The van der Waals surface area contributed by atoms with Gasteiger partial charge in [-0.2, -0.15) is 0 Å². The highest BCUT2D eigenvalue weighted by molar-refractivity contribution is 6.30. The summed E-state index contributed by atoms with van der Waals surface area (Å²) < 4.78 is 0. The molecule has 0 fully saturated rings. The Kier molecular flexibility index (Phi) is 4.04. The first-order chi connectivity index (χ1) is 8.58. The summed E-state index contributed by atoms with van der Waals surface area (Å²) in [7, 11) is 1.96. The van der Waals surface area contributed by atoms with Gasteiger partial charge >= 0.3 is 0 Å². The molecule has 3 nitrogen and oxygen atoms in total. The van der Waals surface area contributed by atoms with Crippen LogP contribution in [0.2, 0.25) is 10.2 Å². The summed E-state index contributed by atoms with van der Waals surface area (Å²) in [6.07, 6.45) is 1.46. The van der Waals surface area contributed by atoms with Gasteiger partial charge in [0.05, 0.1) is 6.04 Å². The highest BCUT2D eigenvalue weighted by Crippen LogP contribution is 2.26. The number of nitrogens with zero attached hydrogens (tertiary/aromatic N) is 3. The summed E-state index contributed by atoms with van der Waals surface area (Å²) in [5, 5.41) is 1.17. The first-order valence-electron chi connectivity index (χ1n) is 5.54. The van der Waals surface area contributed by atoms with Crippen molar-refractivity contribution in [1.82, 2.24) is 9.97 Å². The van der Waals surface area contributed by atoms with Gasteiger partial charge in [-0.05, 0) is 24.6 Å². The van der Waals surface area contributed by atoms with Gasteiger partial charge < -0.3 is 4.90 Å². The normalized spacial score (nSPS) is 12.2. The molecular weight excluding hydrogens is 269 g/mol. The zero-order chi connectivity index (χ0) is 13.1. The Bertz CT molecular complexity index is 496. The first-order valence-corrected chi connectivity index (χ1v) is 6.29. The van der Waals surface area contributed by atoms with Crippen LogP contribution in [-0.2, 0) is 0 Å². The van der Waals surface area contributed by atoms with Crippen LogP contribution in [0.1, 0.15) is 18.5 Å². The number of hydrogen-bond acceptors (Lipinski definition) is 3. The van der Waals surface area contributed by atoms with Crippen LogP contribution in [0.4, 0.5) is 5.82 Å². The topological polar surface area (TPSA) is 29.0 Å². The predicted octanol–water partition coefficient (Wildman–Crippen LogP) is 3.98. The van der Waals surface area contributed by atoms with Gasteiger partial charge in [0.25, 0.3) is 0 Å². The molecular formula is C13H13Cl2N3. The molecule has 0 aliphatic heterocycles. The summed E-state index contributed by atoms with van der Waals surface area (Å²) in [5.74, 6) is 0.780. The van der Waals surface area contributed by atoms with Crippen molar-refractivity contribution < 1.29 is 0 Å². The molecule has 1 atom stereocenters. The summed E-state index contributed by atoms with van der Waals surface area (Å²) in [6.45, 7) is 2.08. The molecule has 18 heavy (non-hydrogen) atoms. The number of anilines is 1. The summed E-state index contributed by atoms with van der Waals surface area (Å²) in [6, 6.07) is 9.67. The third kappa shape index (κ3) is 2.92. The monoisotopic (exact) mass is 281 g/mol. The minimum atomic E-state index is 0.148. The number of rotatable bonds is 3. The van der Waals surface area contributed by atoms with E-state index >= 15 is 0 Å². The number of aromatic nitrogens is 2. The molecule has 0 saturated heterocycles. The van der Waals surface area contributed by atoms with E-state index in [1.54, 1.807) is 6.07 Å². The fraction of sp³-hybridized carbons (Fsp3) is 0.231. The molecule has 1 heterocycles. The van der Waals surface area contributed by atoms with Crippen molar-refractivity contribution in [2.45, 2.75) is 13.0 Å². The van der Waals surface area contributed by atoms with Crippen LogP contribution >= 0.6 is 23.2 Å². The van der Waals surface area contributed by atoms with Crippen LogP contribution in [0.15, 0.2) is 36.7 Å². The van der Waals surface area contributed by atoms with Crippen LogP contribution in [-0.4, -0.2) is 17.0 Å². The lowest BCUT2D eigenvalue weighted by atomic mass is 10.1. The number of hydrogen-bond donors (Lipinski definition) is 0. The fourth-order valence-corrected chi connectivity index (χ4v) is 2.05. The zero-order valence-electron chi connectivity index (χ0n) is 10.1. The minimum absolute atomic E-state index is 0.148. The van der Waals surface area contributed by atoms with Gasteiger partial charge in [0.1, 0.15) is 17.3 Å². The molecule has 1 unspecified atom stereocenters. The molecule has 0 N–H and O–H groups in total. The number of halogens is 2. The molecule has 0 radical (unpaired) electrons. The third-order valence-electron chi connectivity index (χ3n) is 2.89. The standard InChI is InChI=1S/C13H13Cl2N3/c1-9(10-4-3-5-11(14)6-10)18(2)13-7-12(15)16-8-17-13/h3-9H,1-2H3. The van der Waals surface area contributed by atoms with Crippen LogP contribution in [0.5, 0.6) is 0 Å². The Morgan fingerprint density at radius 2 is 1.94 bits per heavy atom. The van der Waals surface area contributed by atoms with Crippen LogP contribution in [0.3, 0.4) is 0 Å². The van der Waals surface area contributed by atoms with Gasteiger partial charge in [-0.25, -0.2) is 9.97 Å². The highest BCUT2D eigenvalue weighted by Gasteiger charge is 2.14. The largest absolute Gasteiger partial charge is 0.353 e. The molecule has 0 aliphatic carbocycles. The molecule has 1 aromatic carbocycles. The summed E-state index contributed by atoms with van der Waals surface area (Å²) in [5.41, 5.74) is 1.12. The Balaban J connectivity index is 2.26. The van der Waals surface area contributed by atoms with E-state index < -0.39 is 0 Å². The number of benzene rings is 1. The van der Waals surface area contributed by atoms with Crippen LogP contribution < -0.4 is 4.90 Å². The smallest absolute Gasteiger partial charge is 0.134 e. The molecule has 0 spiro atoms. The van der Waals surface area contributed by atoms with E-state index in [0.29, 0.717) is 5.15 Å². The van der Waals surface area contributed by atoms with E-state index in [-0.39, 0.29) is 6.04 Å². The first kappa shape index (κ1) is 13.1. The van der Waals surface area contributed by atoms with Crippen molar-refractivity contribution >= 4 is 29.0 Å². The summed E-state index contributed by atoms with van der Waals surface area (Å²) in [4.78, 5) is 10.1. The second-order valence-corrected chi connectivity index (χ2v) is 4.86. The molecule has 1 aromatic heterocycles. The molecule has 2 rings (SSSR count). The van der Waals surface area contributed by atoms with Crippen molar-refractivity contribution in [3.8, 4) is 0 Å². The van der Waals surface area contributed by atoms with Crippen molar-refractivity contribution in [2.75, 3.05) is 11.9 Å². The van der Waals surface area contributed by atoms with Crippen molar-refractivity contribution in [3.05, 3.63) is 52.4 Å². The van der Waals surface area contributed by atoms with Gasteiger partial charge in [-0.3, -0.25) is 0 Å². The molecule has 0 saturated carbocycles. The Hall–Kier alpha value is -1.32. The van der Waals surface area contributed by atoms with Gasteiger partial charge in [0.2, 0.25) is 0 Å².